The van der Waals surface area contributed by atoms with Gasteiger partial charge in [-0.25, -0.2) is 13.8 Å². The van der Waals surface area contributed by atoms with Gasteiger partial charge in [-0.2, -0.15) is 5.10 Å². The number of hydrogen-bond acceptors (Lipinski definition) is 6. The Hall–Kier alpha value is -4.90. The predicted molar refractivity (Wildman–Crippen MR) is 164 cm³/mol. The van der Waals surface area contributed by atoms with Gasteiger partial charge in [-0.15, -0.1) is 11.3 Å². The van der Waals surface area contributed by atoms with Crippen molar-refractivity contribution < 1.29 is 23.1 Å². The molecule has 0 N–H and O–H groups in total. The number of aromatic nitrogens is 3. The maximum Gasteiger partial charge on any atom is 0.254 e. The molecule has 0 spiro atoms. The van der Waals surface area contributed by atoms with Crippen LogP contribution in [-0.4, -0.2) is 57.1 Å². The number of pyridine rings is 1. The summed E-state index contributed by atoms with van der Waals surface area (Å²) in [6.07, 6.45) is 1.29. The number of halogens is 2. The van der Waals surface area contributed by atoms with Crippen molar-refractivity contribution in [3.63, 3.8) is 0 Å². The molecule has 2 aliphatic heterocycles. The number of thiophene rings is 1. The average molecular weight is 612 g/mol. The fourth-order valence-electron chi connectivity index (χ4n) is 6.23. The van der Waals surface area contributed by atoms with E-state index in [0.717, 1.165) is 39.0 Å². The van der Waals surface area contributed by atoms with Gasteiger partial charge in [0.15, 0.2) is 0 Å². The second kappa shape index (κ2) is 10.4. The Labute approximate surface area is 255 Å². The average Bonchev–Trinajstić information content (AvgIpc) is 3.73. The molecule has 0 aliphatic carbocycles. The number of amides is 2. The Bertz CT molecular complexity index is 2030. The first-order valence-corrected chi connectivity index (χ1v) is 14.9. The van der Waals surface area contributed by atoms with Crippen LogP contribution in [0.4, 0.5) is 8.78 Å². The van der Waals surface area contributed by atoms with Gasteiger partial charge in [-0.1, -0.05) is 12.6 Å². The van der Waals surface area contributed by atoms with Gasteiger partial charge in [0.05, 0.1) is 36.6 Å². The number of hydrogen-bond donors (Lipinski definition) is 0. The second-order valence-electron chi connectivity index (χ2n) is 11.1. The second-order valence-corrected chi connectivity index (χ2v) is 12.0. The van der Waals surface area contributed by atoms with E-state index in [-0.39, 0.29) is 29.2 Å². The minimum absolute atomic E-state index is 0.0307. The van der Waals surface area contributed by atoms with Gasteiger partial charge in [0.2, 0.25) is 5.91 Å². The monoisotopic (exact) mass is 611 g/mol. The number of ether oxygens (including phenoxy) is 1. The molecule has 0 fully saturated rings. The number of nitrogens with zero attached hydrogens (tertiary/aromatic N) is 5. The van der Waals surface area contributed by atoms with Crippen LogP contribution in [0.2, 0.25) is 0 Å². The highest BCUT2D eigenvalue weighted by Gasteiger charge is 2.31. The Morgan fingerprint density at radius 1 is 1.11 bits per heavy atom. The van der Waals surface area contributed by atoms with E-state index in [1.807, 2.05) is 47.3 Å². The van der Waals surface area contributed by atoms with Gasteiger partial charge in [0.25, 0.3) is 5.91 Å². The summed E-state index contributed by atoms with van der Waals surface area (Å²) in [6, 6.07) is 11.3. The molecular formula is C33H27F2N5O3S. The first-order valence-electron chi connectivity index (χ1n) is 14.0. The molecule has 44 heavy (non-hydrogen) atoms. The topological polar surface area (TPSA) is 80.6 Å². The lowest BCUT2D eigenvalue weighted by atomic mass is 9.95. The maximum absolute atomic E-state index is 15.8. The normalized spacial score (nSPS) is 15.9. The molecule has 0 bridgehead atoms. The zero-order valence-corrected chi connectivity index (χ0v) is 25.0. The van der Waals surface area contributed by atoms with E-state index >= 15 is 4.39 Å². The van der Waals surface area contributed by atoms with Gasteiger partial charge >= 0.3 is 0 Å². The van der Waals surface area contributed by atoms with E-state index < -0.39 is 11.6 Å². The number of carbonyl (C=O) groups excluding carboxylic acids is 2. The molecule has 2 aliphatic rings. The molecule has 0 unspecified atom stereocenters. The van der Waals surface area contributed by atoms with Crippen molar-refractivity contribution in [3.05, 3.63) is 89.0 Å². The van der Waals surface area contributed by atoms with E-state index in [2.05, 4.69) is 6.58 Å². The molecule has 7 rings (SSSR count). The minimum atomic E-state index is -0.786. The van der Waals surface area contributed by atoms with Gasteiger partial charge < -0.3 is 14.5 Å². The number of methoxy groups -OCH3 is 1. The van der Waals surface area contributed by atoms with Gasteiger partial charge in [-0.05, 0) is 48.2 Å². The molecule has 1 atom stereocenters. The zero-order chi connectivity index (χ0) is 30.9. The summed E-state index contributed by atoms with van der Waals surface area (Å²) in [5.41, 5.74) is 5.18. The summed E-state index contributed by atoms with van der Waals surface area (Å²) in [5.74, 6) is -1.71. The molecule has 5 aromatic rings. The third-order valence-electron chi connectivity index (χ3n) is 8.26. The van der Waals surface area contributed by atoms with Crippen LogP contribution in [0.25, 0.3) is 43.9 Å². The maximum atomic E-state index is 15.8. The van der Waals surface area contributed by atoms with Crippen molar-refractivity contribution in [2.24, 2.45) is 0 Å². The van der Waals surface area contributed by atoms with Crippen LogP contribution in [0.1, 0.15) is 34.6 Å². The number of rotatable bonds is 5. The molecule has 5 heterocycles. The third kappa shape index (κ3) is 4.29. The third-order valence-corrected chi connectivity index (χ3v) is 9.19. The summed E-state index contributed by atoms with van der Waals surface area (Å²) < 4.78 is 38.2. The molecular weight excluding hydrogens is 584 g/mol. The van der Waals surface area contributed by atoms with E-state index in [9.17, 15) is 14.0 Å². The van der Waals surface area contributed by atoms with E-state index in [1.54, 1.807) is 16.8 Å². The van der Waals surface area contributed by atoms with Crippen LogP contribution in [-0.2, 0) is 17.9 Å². The number of fused-ring (bicyclic) bond motifs is 3. The van der Waals surface area contributed by atoms with E-state index in [4.69, 9.17) is 14.8 Å². The van der Waals surface area contributed by atoms with Gasteiger partial charge in [-0.3, -0.25) is 14.3 Å². The van der Waals surface area contributed by atoms with Crippen molar-refractivity contribution in [1.82, 2.24) is 24.6 Å². The van der Waals surface area contributed by atoms with Gasteiger partial charge in [0, 0.05) is 59.0 Å². The van der Waals surface area contributed by atoms with Crippen LogP contribution in [0.15, 0.2) is 60.5 Å². The molecule has 2 amide bonds. The highest BCUT2D eigenvalue weighted by Crippen LogP contribution is 2.47. The highest BCUT2D eigenvalue weighted by atomic mass is 32.1. The fraction of sp³-hybridized carbons (Fsp3) is 0.212. The lowest BCUT2D eigenvalue weighted by Crippen LogP contribution is -2.39. The Morgan fingerprint density at radius 3 is 2.70 bits per heavy atom. The number of carbonyl (C=O) groups is 2. The quantitative estimate of drug-likeness (QED) is 0.213. The molecule has 222 valence electrons. The van der Waals surface area contributed by atoms with E-state index in [0.29, 0.717) is 47.8 Å². The van der Waals surface area contributed by atoms with Crippen LogP contribution in [0.5, 0.6) is 5.75 Å². The van der Waals surface area contributed by atoms with Gasteiger partial charge in [0.1, 0.15) is 28.8 Å². The molecule has 0 saturated heterocycles. The van der Waals surface area contributed by atoms with Crippen LogP contribution >= 0.6 is 11.3 Å². The SMILES string of the molecule is C=CC(=O)N1Cc2cc(-c3nc(-c4ccc5c(c4)CN(C)C5=O)c4ccsc4c3-c3c(F)cc(F)cc3OC)nn2[C@@H](C)C1. The van der Waals surface area contributed by atoms with Crippen LogP contribution < -0.4 is 4.74 Å². The summed E-state index contributed by atoms with van der Waals surface area (Å²) in [7, 11) is 3.13. The summed E-state index contributed by atoms with van der Waals surface area (Å²) in [4.78, 5) is 33.6. The van der Waals surface area contributed by atoms with Crippen molar-refractivity contribution >= 4 is 33.2 Å². The summed E-state index contributed by atoms with van der Waals surface area (Å²) in [6.45, 7) is 6.86. The lowest BCUT2D eigenvalue weighted by Gasteiger charge is -2.31. The molecule has 11 heteroatoms. The number of benzene rings is 2. The predicted octanol–water partition coefficient (Wildman–Crippen LogP) is 6.46. The minimum Gasteiger partial charge on any atom is -0.496 e. The fourth-order valence-corrected chi connectivity index (χ4v) is 7.18. The summed E-state index contributed by atoms with van der Waals surface area (Å²) in [5, 5.41) is 7.60. The first-order chi connectivity index (χ1) is 21.2. The van der Waals surface area contributed by atoms with Crippen molar-refractivity contribution in [1.29, 1.82) is 0 Å². The van der Waals surface area contributed by atoms with Crippen molar-refractivity contribution in [2.75, 3.05) is 20.7 Å². The van der Waals surface area contributed by atoms with Crippen molar-refractivity contribution in [3.8, 4) is 39.5 Å². The van der Waals surface area contributed by atoms with Crippen LogP contribution in [0.3, 0.4) is 0 Å². The van der Waals surface area contributed by atoms with E-state index in [1.165, 1.54) is 24.5 Å². The largest absolute Gasteiger partial charge is 0.496 e. The Kier molecular flexibility index (Phi) is 6.58. The molecule has 2 aromatic carbocycles. The molecule has 0 radical (unpaired) electrons. The van der Waals surface area contributed by atoms with Crippen LogP contribution in [0, 0.1) is 11.6 Å². The smallest absolute Gasteiger partial charge is 0.254 e. The highest BCUT2D eigenvalue weighted by molar-refractivity contribution is 7.18. The van der Waals surface area contributed by atoms with Crippen molar-refractivity contribution in [2.45, 2.75) is 26.1 Å². The molecule has 8 nitrogen and oxygen atoms in total. The standard InChI is InChI=1S/C33H27F2N5O3S/c1-5-27(41)39-14-17(2)40-21(16-39)13-25(37-40)31-29(28-24(35)11-20(34)12-26(28)43-4)32-23(8-9-44-32)30(36-31)18-6-7-22-19(10-18)15-38(3)33(22)42/h5-13,17H,1,14-16H2,2-4H3/t17-/m0/s1. The Morgan fingerprint density at radius 2 is 1.93 bits per heavy atom. The first kappa shape index (κ1) is 27.9. The Balaban J connectivity index is 1.50. The lowest BCUT2D eigenvalue weighted by molar-refractivity contribution is -0.127. The zero-order valence-electron chi connectivity index (χ0n) is 24.2. The molecule has 0 saturated carbocycles. The summed E-state index contributed by atoms with van der Waals surface area (Å²) >= 11 is 1.41. The molecule has 3 aromatic heterocycles.